The van der Waals surface area contributed by atoms with Crippen molar-refractivity contribution in [3.05, 3.63) is 22.8 Å². The summed E-state index contributed by atoms with van der Waals surface area (Å²) in [5, 5.41) is 3.40. The molecule has 0 bridgehead atoms. The van der Waals surface area contributed by atoms with Gasteiger partial charge in [0, 0.05) is 50.0 Å². The van der Waals surface area contributed by atoms with Crippen LogP contribution in [0.5, 0.6) is 0 Å². The van der Waals surface area contributed by atoms with Crippen LogP contribution < -0.4 is 11.1 Å². The largest absolute Gasteiger partial charge is 0.402 e. The van der Waals surface area contributed by atoms with Gasteiger partial charge in [0.1, 0.15) is 0 Å². The lowest BCUT2D eigenvalue weighted by atomic mass is 9.93. The number of carbonyl (C=O) groups is 1. The highest BCUT2D eigenvalue weighted by Crippen LogP contribution is 2.25. The number of aromatic nitrogens is 1. The number of aliphatic imine (C=N–C) groups is 1. The fourth-order valence-corrected chi connectivity index (χ4v) is 3.74. The molecule has 2 rings (SSSR count). The second-order valence-corrected chi connectivity index (χ2v) is 7.02. The van der Waals surface area contributed by atoms with Crippen molar-refractivity contribution in [2.45, 2.75) is 32.7 Å². The van der Waals surface area contributed by atoms with Gasteiger partial charge in [0.15, 0.2) is 5.13 Å². The van der Waals surface area contributed by atoms with Crippen LogP contribution in [-0.4, -0.2) is 42.1 Å². The minimum absolute atomic E-state index is 0.0817. The van der Waals surface area contributed by atoms with Crippen molar-refractivity contribution in [1.29, 1.82) is 0 Å². The maximum atomic E-state index is 11.1. The summed E-state index contributed by atoms with van der Waals surface area (Å²) in [6.45, 7) is 4.53. The van der Waals surface area contributed by atoms with Gasteiger partial charge >= 0.3 is 0 Å². The fourth-order valence-electron chi connectivity index (χ4n) is 2.84. The number of hydrogen-bond donors (Lipinski definition) is 2. The average Bonchev–Trinajstić information content (AvgIpc) is 2.91. The van der Waals surface area contributed by atoms with Crippen molar-refractivity contribution < 1.29 is 4.79 Å². The SMILES string of the molecule is CN=CC=C(N)CC1CCCN(Cc2cnc(NC(C)=O)s2)C1. The molecule has 1 fully saturated rings. The van der Waals surface area contributed by atoms with E-state index >= 15 is 0 Å². The Morgan fingerprint density at radius 2 is 2.48 bits per heavy atom. The Morgan fingerprint density at radius 3 is 3.22 bits per heavy atom. The Morgan fingerprint density at radius 1 is 1.65 bits per heavy atom. The first-order valence-electron chi connectivity index (χ1n) is 7.88. The lowest BCUT2D eigenvalue weighted by Crippen LogP contribution is -2.35. The molecule has 1 aromatic heterocycles. The number of nitrogens with one attached hydrogen (secondary N) is 1. The Kier molecular flexibility index (Phi) is 6.73. The predicted molar refractivity (Wildman–Crippen MR) is 95.7 cm³/mol. The molecule has 1 unspecified atom stereocenters. The number of amides is 1. The van der Waals surface area contributed by atoms with Crippen molar-refractivity contribution in [1.82, 2.24) is 9.88 Å². The molecule has 1 aliphatic rings. The maximum Gasteiger partial charge on any atom is 0.223 e. The van der Waals surface area contributed by atoms with Crippen LogP contribution in [0, 0.1) is 5.92 Å². The smallest absolute Gasteiger partial charge is 0.223 e. The van der Waals surface area contributed by atoms with Crippen LogP contribution in [-0.2, 0) is 11.3 Å². The van der Waals surface area contributed by atoms with E-state index in [9.17, 15) is 4.79 Å². The summed E-state index contributed by atoms with van der Waals surface area (Å²) in [6, 6.07) is 0. The zero-order valence-corrected chi connectivity index (χ0v) is 14.6. The fraction of sp³-hybridized carbons (Fsp3) is 0.562. The topological polar surface area (TPSA) is 83.6 Å². The number of nitrogens with two attached hydrogens (primary N) is 1. The Labute approximate surface area is 141 Å². The lowest BCUT2D eigenvalue weighted by Gasteiger charge is -2.32. The summed E-state index contributed by atoms with van der Waals surface area (Å²) in [7, 11) is 1.75. The van der Waals surface area contributed by atoms with E-state index in [1.54, 1.807) is 24.6 Å². The van der Waals surface area contributed by atoms with Crippen LogP contribution in [0.15, 0.2) is 23.0 Å². The van der Waals surface area contributed by atoms with Crippen LogP contribution in [0.3, 0.4) is 0 Å². The van der Waals surface area contributed by atoms with E-state index in [1.165, 1.54) is 24.6 Å². The minimum atomic E-state index is -0.0817. The van der Waals surface area contributed by atoms with Gasteiger partial charge in [-0.3, -0.25) is 14.7 Å². The van der Waals surface area contributed by atoms with Crippen molar-refractivity contribution >= 4 is 28.6 Å². The third kappa shape index (κ3) is 6.11. The predicted octanol–water partition coefficient (Wildman–Crippen LogP) is 2.25. The number of piperidine rings is 1. The van der Waals surface area contributed by atoms with Crippen molar-refractivity contribution in [3.8, 4) is 0 Å². The second kappa shape index (κ2) is 8.79. The molecular weight excluding hydrogens is 310 g/mol. The molecule has 0 aliphatic carbocycles. The molecule has 7 heteroatoms. The van der Waals surface area contributed by atoms with E-state index in [4.69, 9.17) is 5.73 Å². The number of hydrogen-bond acceptors (Lipinski definition) is 6. The molecule has 2 heterocycles. The summed E-state index contributed by atoms with van der Waals surface area (Å²) >= 11 is 1.54. The number of allylic oxidation sites excluding steroid dienone is 2. The van der Waals surface area contributed by atoms with E-state index in [2.05, 4.69) is 20.2 Å². The van der Waals surface area contributed by atoms with Gasteiger partial charge in [-0.1, -0.05) is 0 Å². The molecule has 0 saturated carbocycles. The molecule has 1 amide bonds. The van der Waals surface area contributed by atoms with Crippen LogP contribution in [0.4, 0.5) is 5.13 Å². The Hall–Kier alpha value is -1.73. The summed E-state index contributed by atoms with van der Waals surface area (Å²) < 4.78 is 0. The Bertz CT molecular complexity index is 581. The molecule has 1 aromatic rings. The molecule has 0 radical (unpaired) electrons. The molecule has 0 spiro atoms. The van der Waals surface area contributed by atoms with Gasteiger partial charge in [-0.05, 0) is 37.8 Å². The van der Waals surface area contributed by atoms with Gasteiger partial charge < -0.3 is 11.1 Å². The zero-order chi connectivity index (χ0) is 16.7. The van der Waals surface area contributed by atoms with E-state index in [0.717, 1.165) is 31.8 Å². The molecule has 1 saturated heterocycles. The van der Waals surface area contributed by atoms with Gasteiger partial charge in [0.2, 0.25) is 5.91 Å². The molecule has 3 N–H and O–H groups in total. The first-order chi connectivity index (χ1) is 11.1. The molecule has 6 nitrogen and oxygen atoms in total. The van der Waals surface area contributed by atoms with Gasteiger partial charge in [-0.25, -0.2) is 4.98 Å². The highest BCUT2D eigenvalue weighted by molar-refractivity contribution is 7.15. The van der Waals surface area contributed by atoms with E-state index in [-0.39, 0.29) is 5.91 Å². The number of likely N-dealkylation sites (tertiary alicyclic amines) is 1. The molecule has 1 atom stereocenters. The summed E-state index contributed by atoms with van der Waals surface area (Å²) in [5.74, 6) is 0.509. The molecule has 0 aromatic carbocycles. The third-order valence-corrected chi connectivity index (χ3v) is 4.68. The molecular formula is C16H25N5OS. The Balaban J connectivity index is 1.86. The van der Waals surface area contributed by atoms with E-state index < -0.39 is 0 Å². The molecule has 23 heavy (non-hydrogen) atoms. The van der Waals surface area contributed by atoms with Crippen molar-refractivity contribution in [3.63, 3.8) is 0 Å². The molecule has 1 aliphatic heterocycles. The van der Waals surface area contributed by atoms with Gasteiger partial charge in [0.05, 0.1) is 0 Å². The van der Waals surface area contributed by atoms with Crippen LogP contribution in [0.25, 0.3) is 0 Å². The van der Waals surface area contributed by atoms with Crippen LogP contribution in [0.1, 0.15) is 31.1 Å². The number of nitrogens with zero attached hydrogens (tertiary/aromatic N) is 3. The molecule has 126 valence electrons. The number of carbonyl (C=O) groups excluding carboxylic acids is 1. The highest BCUT2D eigenvalue weighted by atomic mass is 32.1. The van der Waals surface area contributed by atoms with Gasteiger partial charge in [-0.2, -0.15) is 0 Å². The van der Waals surface area contributed by atoms with Crippen molar-refractivity contribution in [2.75, 3.05) is 25.5 Å². The summed E-state index contributed by atoms with van der Waals surface area (Å²) in [6.07, 6.45) is 8.82. The summed E-state index contributed by atoms with van der Waals surface area (Å²) in [5.41, 5.74) is 6.94. The maximum absolute atomic E-state index is 11.1. The first kappa shape index (κ1) is 17.6. The monoisotopic (exact) mass is 335 g/mol. The minimum Gasteiger partial charge on any atom is -0.402 e. The number of thiazole rings is 1. The van der Waals surface area contributed by atoms with Gasteiger partial charge in [0.25, 0.3) is 0 Å². The lowest BCUT2D eigenvalue weighted by molar-refractivity contribution is -0.114. The van der Waals surface area contributed by atoms with Crippen LogP contribution >= 0.6 is 11.3 Å². The van der Waals surface area contributed by atoms with Crippen molar-refractivity contribution in [2.24, 2.45) is 16.6 Å². The third-order valence-electron chi connectivity index (χ3n) is 3.78. The average molecular weight is 335 g/mol. The van der Waals surface area contributed by atoms with E-state index in [0.29, 0.717) is 11.0 Å². The van der Waals surface area contributed by atoms with Gasteiger partial charge in [-0.15, -0.1) is 11.3 Å². The number of anilines is 1. The quantitative estimate of drug-likeness (QED) is 0.781. The zero-order valence-electron chi connectivity index (χ0n) is 13.8. The van der Waals surface area contributed by atoms with E-state index in [1.807, 2.05) is 12.3 Å². The summed E-state index contributed by atoms with van der Waals surface area (Å²) in [4.78, 5) is 22.8. The van der Waals surface area contributed by atoms with Crippen LogP contribution in [0.2, 0.25) is 0 Å². The number of rotatable bonds is 6. The standard InChI is InChI=1S/C16H25N5OS/c1-12(22)20-16-19-9-15(23-16)11-21-7-3-4-13(10-21)8-14(17)5-6-18-2/h5-6,9,13H,3-4,7-8,10-11,17H2,1-2H3,(H,19,20,22). The second-order valence-electron chi connectivity index (χ2n) is 5.91. The first-order valence-corrected chi connectivity index (χ1v) is 8.70. The normalized spacial score (nSPS) is 20.1. The highest BCUT2D eigenvalue weighted by Gasteiger charge is 2.21.